The first-order chi connectivity index (χ1) is 10.0. The lowest BCUT2D eigenvalue weighted by Gasteiger charge is -2.19. The highest BCUT2D eigenvalue weighted by atomic mass is 35.5. The van der Waals surface area contributed by atoms with Gasteiger partial charge in [0.05, 0.1) is 28.9 Å². The molecule has 1 atom stereocenters. The van der Waals surface area contributed by atoms with Gasteiger partial charge in [-0.1, -0.05) is 40.9 Å². The molecule has 0 aliphatic rings. The van der Waals surface area contributed by atoms with Crippen LogP contribution in [0, 0.1) is 6.92 Å². The molecule has 112 valence electrons. The third-order valence-electron chi connectivity index (χ3n) is 3.37. The molecule has 0 fully saturated rings. The zero-order chi connectivity index (χ0) is 15.4. The molecule has 0 bridgehead atoms. The summed E-state index contributed by atoms with van der Waals surface area (Å²) in [7, 11) is 3.57. The van der Waals surface area contributed by atoms with Crippen molar-refractivity contribution >= 4 is 23.2 Å². The number of benzene rings is 1. The molecule has 1 N–H and O–H groups in total. The van der Waals surface area contributed by atoms with E-state index >= 15 is 0 Å². The fourth-order valence-corrected chi connectivity index (χ4v) is 2.82. The molecule has 5 heteroatoms. The van der Waals surface area contributed by atoms with Gasteiger partial charge in [-0.25, -0.2) is 0 Å². The van der Waals surface area contributed by atoms with Crippen LogP contribution in [-0.4, -0.2) is 19.1 Å². The molecule has 0 spiro atoms. The number of methoxy groups -OCH3 is 1. The van der Waals surface area contributed by atoms with E-state index in [1.54, 1.807) is 19.4 Å². The van der Waals surface area contributed by atoms with Gasteiger partial charge in [0, 0.05) is 6.20 Å². The Kier molecular flexibility index (Phi) is 5.45. The highest BCUT2D eigenvalue weighted by molar-refractivity contribution is 6.34. The van der Waals surface area contributed by atoms with E-state index in [9.17, 15) is 0 Å². The standard InChI is InChI=1S/C16H18Cl2N2O/c1-10-4-5-15(21-3)11(6-10)7-14(19-2)16-13(18)8-12(17)9-20-16/h4-6,8-9,14,19H,7H2,1-3H3. The van der Waals surface area contributed by atoms with E-state index < -0.39 is 0 Å². The largest absolute Gasteiger partial charge is 0.496 e. The minimum atomic E-state index is -0.00883. The molecule has 0 saturated carbocycles. The number of aryl methyl sites for hydroxylation is 1. The Hall–Kier alpha value is -1.29. The molecule has 1 unspecified atom stereocenters. The summed E-state index contributed by atoms with van der Waals surface area (Å²) in [4.78, 5) is 4.36. The molecule has 3 nitrogen and oxygen atoms in total. The van der Waals surface area contributed by atoms with Crippen molar-refractivity contribution < 1.29 is 4.74 Å². The zero-order valence-electron chi connectivity index (χ0n) is 12.3. The van der Waals surface area contributed by atoms with E-state index in [0.717, 1.165) is 23.4 Å². The first kappa shape index (κ1) is 16.1. The number of likely N-dealkylation sites (N-methyl/N-ethyl adjacent to an activating group) is 1. The second kappa shape index (κ2) is 7.12. The van der Waals surface area contributed by atoms with Crippen molar-refractivity contribution in [2.75, 3.05) is 14.2 Å². The highest BCUT2D eigenvalue weighted by Crippen LogP contribution is 2.29. The third-order valence-corrected chi connectivity index (χ3v) is 3.88. The number of aromatic nitrogens is 1. The van der Waals surface area contributed by atoms with E-state index in [1.807, 2.05) is 19.2 Å². The van der Waals surface area contributed by atoms with Crippen LogP contribution >= 0.6 is 23.2 Å². The first-order valence-corrected chi connectivity index (χ1v) is 7.42. The third kappa shape index (κ3) is 3.88. The van der Waals surface area contributed by atoms with Crippen LogP contribution in [0.15, 0.2) is 30.5 Å². The number of nitrogens with one attached hydrogen (secondary N) is 1. The SMILES string of the molecule is CNC(Cc1cc(C)ccc1OC)c1ncc(Cl)cc1Cl. The molecule has 21 heavy (non-hydrogen) atoms. The second-order valence-electron chi connectivity index (χ2n) is 4.88. The van der Waals surface area contributed by atoms with Crippen LogP contribution in [0.5, 0.6) is 5.75 Å². The van der Waals surface area contributed by atoms with E-state index in [4.69, 9.17) is 27.9 Å². The molecule has 1 heterocycles. The van der Waals surface area contributed by atoms with Crippen LogP contribution in [0.4, 0.5) is 0 Å². The summed E-state index contributed by atoms with van der Waals surface area (Å²) in [5, 5.41) is 4.35. The Morgan fingerprint density at radius 1 is 1.29 bits per heavy atom. The molecule has 2 rings (SSSR count). The fraction of sp³-hybridized carbons (Fsp3) is 0.312. The molecule has 0 amide bonds. The topological polar surface area (TPSA) is 34.1 Å². The monoisotopic (exact) mass is 324 g/mol. The van der Waals surface area contributed by atoms with Gasteiger partial charge in [-0.15, -0.1) is 0 Å². The van der Waals surface area contributed by atoms with Crippen molar-refractivity contribution in [3.05, 3.63) is 57.3 Å². The van der Waals surface area contributed by atoms with Crippen molar-refractivity contribution in [3.8, 4) is 5.75 Å². The smallest absolute Gasteiger partial charge is 0.122 e. The quantitative estimate of drug-likeness (QED) is 0.894. The maximum atomic E-state index is 6.26. The van der Waals surface area contributed by atoms with E-state index in [2.05, 4.69) is 23.3 Å². The Labute approximate surface area is 135 Å². The van der Waals surface area contributed by atoms with Crippen LogP contribution in [-0.2, 0) is 6.42 Å². The van der Waals surface area contributed by atoms with Crippen LogP contribution in [0.25, 0.3) is 0 Å². The number of nitrogens with zero attached hydrogens (tertiary/aromatic N) is 1. The van der Waals surface area contributed by atoms with Gasteiger partial charge in [0.15, 0.2) is 0 Å². The summed E-state index contributed by atoms with van der Waals surface area (Å²) in [5.41, 5.74) is 3.09. The van der Waals surface area contributed by atoms with Gasteiger partial charge in [-0.2, -0.15) is 0 Å². The average molecular weight is 325 g/mol. The lowest BCUT2D eigenvalue weighted by molar-refractivity contribution is 0.406. The molecule has 0 radical (unpaired) electrons. The van der Waals surface area contributed by atoms with Gasteiger partial charge in [-0.05, 0) is 38.1 Å². The van der Waals surface area contributed by atoms with E-state index in [1.165, 1.54) is 5.56 Å². The van der Waals surface area contributed by atoms with Crippen LogP contribution in [0.3, 0.4) is 0 Å². The number of hydrogen-bond donors (Lipinski definition) is 1. The number of hydrogen-bond acceptors (Lipinski definition) is 3. The molecular weight excluding hydrogens is 307 g/mol. The maximum Gasteiger partial charge on any atom is 0.122 e. The van der Waals surface area contributed by atoms with Crippen LogP contribution in [0.2, 0.25) is 10.0 Å². The maximum absolute atomic E-state index is 6.26. The minimum Gasteiger partial charge on any atom is -0.496 e. The van der Waals surface area contributed by atoms with Crippen molar-refractivity contribution in [3.63, 3.8) is 0 Å². The molecule has 0 saturated heterocycles. The summed E-state index contributed by atoms with van der Waals surface area (Å²) in [6, 6.07) is 7.83. The van der Waals surface area contributed by atoms with Gasteiger partial charge < -0.3 is 10.1 Å². The van der Waals surface area contributed by atoms with Crippen LogP contribution in [0.1, 0.15) is 22.9 Å². The predicted molar refractivity (Wildman–Crippen MR) is 87.5 cm³/mol. The van der Waals surface area contributed by atoms with Crippen molar-refractivity contribution in [2.45, 2.75) is 19.4 Å². The Morgan fingerprint density at radius 3 is 2.67 bits per heavy atom. The van der Waals surface area contributed by atoms with E-state index in [-0.39, 0.29) is 6.04 Å². The molecule has 0 aliphatic heterocycles. The summed E-state index contributed by atoms with van der Waals surface area (Å²) in [5.74, 6) is 0.867. The molecule has 1 aromatic carbocycles. The molecule has 1 aromatic heterocycles. The highest BCUT2D eigenvalue weighted by Gasteiger charge is 2.17. The minimum absolute atomic E-state index is 0.00883. The molecule has 0 aliphatic carbocycles. The van der Waals surface area contributed by atoms with Crippen molar-refractivity contribution in [1.82, 2.24) is 10.3 Å². The molecule has 2 aromatic rings. The number of halogens is 2. The van der Waals surface area contributed by atoms with Gasteiger partial charge >= 0.3 is 0 Å². The summed E-state index contributed by atoms with van der Waals surface area (Å²) < 4.78 is 5.43. The normalized spacial score (nSPS) is 12.2. The number of ether oxygens (including phenoxy) is 1. The summed E-state index contributed by atoms with van der Waals surface area (Å²) >= 11 is 12.2. The van der Waals surface area contributed by atoms with Gasteiger partial charge in [0.25, 0.3) is 0 Å². The van der Waals surface area contributed by atoms with Crippen LogP contribution < -0.4 is 10.1 Å². The van der Waals surface area contributed by atoms with Crippen molar-refractivity contribution in [2.24, 2.45) is 0 Å². The number of pyridine rings is 1. The fourth-order valence-electron chi connectivity index (χ4n) is 2.30. The zero-order valence-corrected chi connectivity index (χ0v) is 13.8. The average Bonchev–Trinajstić information content (AvgIpc) is 2.45. The Balaban J connectivity index is 2.33. The molecular formula is C16H18Cl2N2O. The lowest BCUT2D eigenvalue weighted by atomic mass is 10.00. The van der Waals surface area contributed by atoms with Crippen molar-refractivity contribution in [1.29, 1.82) is 0 Å². The van der Waals surface area contributed by atoms with E-state index in [0.29, 0.717) is 10.0 Å². The number of rotatable bonds is 5. The first-order valence-electron chi connectivity index (χ1n) is 6.67. The second-order valence-corrected chi connectivity index (χ2v) is 5.72. The lowest BCUT2D eigenvalue weighted by Crippen LogP contribution is -2.20. The Morgan fingerprint density at radius 2 is 2.05 bits per heavy atom. The Bertz CT molecular complexity index is 632. The van der Waals surface area contributed by atoms with Gasteiger partial charge in [0.1, 0.15) is 5.75 Å². The van der Waals surface area contributed by atoms with Gasteiger partial charge in [0.2, 0.25) is 0 Å². The summed E-state index contributed by atoms with van der Waals surface area (Å²) in [6.45, 7) is 2.06. The predicted octanol–water partition coefficient (Wildman–Crippen LogP) is 4.21. The van der Waals surface area contributed by atoms with Gasteiger partial charge in [-0.3, -0.25) is 4.98 Å². The summed E-state index contributed by atoms with van der Waals surface area (Å²) in [6.07, 6.45) is 2.34.